The summed E-state index contributed by atoms with van der Waals surface area (Å²) >= 11 is 0. The molecule has 0 aromatic heterocycles. The first-order valence-electron chi connectivity index (χ1n) is 14.4. The Bertz CT molecular complexity index is 1190. The van der Waals surface area contributed by atoms with Crippen LogP contribution < -0.4 is 4.74 Å². The fourth-order valence-corrected chi connectivity index (χ4v) is 7.61. The molecule has 1 aliphatic carbocycles. The molecule has 3 atom stereocenters. The maximum absolute atomic E-state index is 14.8. The number of piperidine rings is 1. The van der Waals surface area contributed by atoms with E-state index < -0.39 is 0 Å². The van der Waals surface area contributed by atoms with Crippen molar-refractivity contribution in [1.29, 1.82) is 5.26 Å². The van der Waals surface area contributed by atoms with Crippen molar-refractivity contribution in [3.8, 4) is 11.8 Å². The van der Waals surface area contributed by atoms with Crippen LogP contribution in [-0.2, 0) is 21.5 Å². The minimum atomic E-state index is -0.230. The number of likely N-dealkylation sites (tertiary alicyclic amines) is 1. The van der Waals surface area contributed by atoms with Gasteiger partial charge in [-0.1, -0.05) is 6.07 Å². The van der Waals surface area contributed by atoms with Gasteiger partial charge < -0.3 is 19.3 Å². The summed E-state index contributed by atoms with van der Waals surface area (Å²) in [6, 6.07) is 14.7. The van der Waals surface area contributed by atoms with Gasteiger partial charge in [0.25, 0.3) is 0 Å². The molecule has 0 bridgehead atoms. The van der Waals surface area contributed by atoms with E-state index in [1.54, 1.807) is 24.3 Å². The molecule has 39 heavy (non-hydrogen) atoms. The molecule has 1 saturated carbocycles. The predicted molar refractivity (Wildman–Crippen MR) is 148 cm³/mol. The van der Waals surface area contributed by atoms with Crippen molar-refractivity contribution in [2.45, 2.75) is 63.5 Å². The molecule has 5 rings (SSSR count). The van der Waals surface area contributed by atoms with E-state index in [0.717, 1.165) is 82.6 Å². The molecule has 1 saturated heterocycles. The first kappa shape index (κ1) is 27.6. The number of carbonyl (C=O) groups excluding carboxylic acids is 1. The molecule has 1 unspecified atom stereocenters. The van der Waals surface area contributed by atoms with Crippen LogP contribution in [0.5, 0.6) is 5.75 Å². The fourth-order valence-electron chi connectivity index (χ4n) is 7.61. The molecule has 0 N–H and O–H groups in total. The maximum Gasteiger partial charge on any atom is 0.302 e. The van der Waals surface area contributed by atoms with Gasteiger partial charge in [0.2, 0.25) is 0 Å². The second kappa shape index (κ2) is 12.1. The van der Waals surface area contributed by atoms with Crippen LogP contribution in [0, 0.1) is 29.0 Å². The molecule has 2 aliphatic heterocycles. The second-order valence-electron chi connectivity index (χ2n) is 11.7. The van der Waals surface area contributed by atoms with Crippen molar-refractivity contribution in [2.75, 3.05) is 39.8 Å². The molecule has 208 valence electrons. The highest BCUT2D eigenvalue weighted by Gasteiger charge is 2.55. The van der Waals surface area contributed by atoms with E-state index in [2.05, 4.69) is 22.9 Å². The van der Waals surface area contributed by atoms with Gasteiger partial charge >= 0.3 is 5.97 Å². The zero-order valence-corrected chi connectivity index (χ0v) is 23.2. The molecule has 7 heteroatoms. The van der Waals surface area contributed by atoms with E-state index in [-0.39, 0.29) is 29.2 Å². The first-order chi connectivity index (χ1) is 18.9. The van der Waals surface area contributed by atoms with Crippen LogP contribution in [0.2, 0.25) is 0 Å². The lowest BCUT2D eigenvalue weighted by atomic mass is 9.56. The average Bonchev–Trinajstić information content (AvgIpc) is 3.39. The number of nitriles is 1. The summed E-state index contributed by atoms with van der Waals surface area (Å²) in [7, 11) is 2.17. The van der Waals surface area contributed by atoms with Gasteiger partial charge in [0.05, 0.1) is 18.2 Å². The van der Waals surface area contributed by atoms with E-state index in [4.69, 9.17) is 14.7 Å². The Morgan fingerprint density at radius 3 is 2.62 bits per heavy atom. The van der Waals surface area contributed by atoms with Crippen LogP contribution in [0.4, 0.5) is 4.39 Å². The predicted octanol–water partition coefficient (Wildman–Crippen LogP) is 5.29. The number of hydrogen-bond donors (Lipinski definition) is 0. The Morgan fingerprint density at radius 1 is 1.13 bits per heavy atom. The third-order valence-electron chi connectivity index (χ3n) is 9.16. The molecule has 0 spiro atoms. The van der Waals surface area contributed by atoms with Crippen molar-refractivity contribution in [1.82, 2.24) is 9.80 Å². The van der Waals surface area contributed by atoms with Crippen molar-refractivity contribution in [3.05, 3.63) is 65.0 Å². The van der Waals surface area contributed by atoms with Crippen molar-refractivity contribution in [2.24, 2.45) is 11.8 Å². The highest BCUT2D eigenvalue weighted by atomic mass is 19.1. The number of halogens is 1. The molecular weight excluding hydrogens is 493 g/mol. The largest absolute Gasteiger partial charge is 0.494 e. The van der Waals surface area contributed by atoms with Crippen molar-refractivity contribution >= 4 is 5.97 Å². The first-order valence-corrected chi connectivity index (χ1v) is 14.4. The molecular formula is C32H40FN3O3. The van der Waals surface area contributed by atoms with E-state index in [1.165, 1.54) is 12.5 Å². The molecule has 3 aliphatic rings. The Labute approximate surface area is 231 Å². The normalized spacial score (nSPS) is 26.1. The fraction of sp³-hybridized carbons (Fsp3) is 0.562. The molecule has 6 nitrogen and oxygen atoms in total. The number of carbonyl (C=O) groups is 1. The molecule has 0 amide bonds. The lowest BCUT2D eigenvalue weighted by molar-refractivity contribution is -0.150. The van der Waals surface area contributed by atoms with Gasteiger partial charge in [-0.2, -0.15) is 5.26 Å². The molecule has 2 aromatic carbocycles. The number of benzene rings is 2. The van der Waals surface area contributed by atoms with Gasteiger partial charge in [-0.25, -0.2) is 4.39 Å². The number of fused-ring (bicyclic) bond motifs is 1. The Hall–Kier alpha value is -2.95. The third kappa shape index (κ3) is 5.97. The topological polar surface area (TPSA) is 65.8 Å². The van der Waals surface area contributed by atoms with Crippen molar-refractivity contribution < 1.29 is 18.7 Å². The van der Waals surface area contributed by atoms with E-state index in [0.29, 0.717) is 18.1 Å². The molecule has 2 fully saturated rings. The standard InChI is InChI=1S/C32H40FN3O3/c1-23(37)39-31-6-3-5-29(31)32(22-35(2)21-25-9-10-27(33)19-30(25)32)26-13-16-36(17-14-26)15-4-18-38-28-11-7-24(20-34)8-12-28/h7-12,19,26,29,31H,3-6,13-18,21-22H2,1-2H3/t29-,31-,32?/m1/s1. The third-order valence-corrected chi connectivity index (χ3v) is 9.16. The van der Waals surface area contributed by atoms with Gasteiger partial charge in [0.15, 0.2) is 0 Å². The maximum atomic E-state index is 14.8. The summed E-state index contributed by atoms with van der Waals surface area (Å²) in [6.45, 7) is 6.81. The van der Waals surface area contributed by atoms with Crippen LogP contribution in [0.25, 0.3) is 0 Å². The van der Waals surface area contributed by atoms with E-state index >= 15 is 0 Å². The van der Waals surface area contributed by atoms with Gasteiger partial charge in [-0.05, 0) is 112 Å². The Kier molecular flexibility index (Phi) is 8.54. The smallest absolute Gasteiger partial charge is 0.302 e. The highest BCUT2D eigenvalue weighted by Crippen LogP contribution is 2.54. The van der Waals surface area contributed by atoms with E-state index in [1.807, 2.05) is 18.2 Å². The number of nitrogens with zero attached hydrogens (tertiary/aromatic N) is 3. The summed E-state index contributed by atoms with van der Waals surface area (Å²) in [4.78, 5) is 16.9. The lowest BCUT2D eigenvalue weighted by Gasteiger charge is -2.54. The number of rotatable bonds is 8. The van der Waals surface area contributed by atoms with Gasteiger partial charge in [-0.3, -0.25) is 4.79 Å². The quantitative estimate of drug-likeness (QED) is 0.339. The van der Waals surface area contributed by atoms with Gasteiger partial charge in [0.1, 0.15) is 17.7 Å². The summed E-state index contributed by atoms with van der Waals surface area (Å²) in [6.07, 6.45) is 5.85. The molecule has 2 heterocycles. The zero-order valence-electron chi connectivity index (χ0n) is 23.2. The molecule has 0 radical (unpaired) electrons. The minimum absolute atomic E-state index is 0.109. The van der Waals surface area contributed by atoms with Crippen LogP contribution in [0.15, 0.2) is 42.5 Å². The van der Waals surface area contributed by atoms with Crippen molar-refractivity contribution in [3.63, 3.8) is 0 Å². The number of ether oxygens (including phenoxy) is 2. The highest BCUT2D eigenvalue weighted by molar-refractivity contribution is 5.66. The SMILES string of the molecule is CC(=O)O[C@@H]1CCC[C@H]1C1(C2CCN(CCCOc3ccc(C#N)cc3)CC2)CN(C)Cc2ccc(F)cc21. The van der Waals surface area contributed by atoms with Crippen LogP contribution >= 0.6 is 0 Å². The van der Waals surface area contributed by atoms with Crippen LogP contribution in [-0.4, -0.2) is 61.7 Å². The summed E-state index contributed by atoms with van der Waals surface area (Å²) in [5, 5.41) is 8.95. The number of likely N-dealkylation sites (N-methyl/N-ethyl adjacent to an activating group) is 1. The second-order valence-corrected chi connectivity index (χ2v) is 11.7. The molecule has 2 aromatic rings. The van der Waals surface area contributed by atoms with Crippen LogP contribution in [0.3, 0.4) is 0 Å². The zero-order chi connectivity index (χ0) is 27.4. The Morgan fingerprint density at radius 2 is 1.90 bits per heavy atom. The summed E-state index contributed by atoms with van der Waals surface area (Å²) in [5.41, 5.74) is 2.76. The van der Waals surface area contributed by atoms with E-state index in [9.17, 15) is 9.18 Å². The summed E-state index contributed by atoms with van der Waals surface area (Å²) in [5.74, 6) is 0.990. The number of hydrogen-bond acceptors (Lipinski definition) is 6. The van der Waals surface area contributed by atoms with Gasteiger partial charge in [-0.15, -0.1) is 0 Å². The average molecular weight is 534 g/mol. The minimum Gasteiger partial charge on any atom is -0.494 e. The Balaban J connectivity index is 1.29. The summed E-state index contributed by atoms with van der Waals surface area (Å²) < 4.78 is 26.6. The van der Waals surface area contributed by atoms with Crippen LogP contribution in [0.1, 0.15) is 62.1 Å². The van der Waals surface area contributed by atoms with Gasteiger partial charge in [0, 0.05) is 37.9 Å². The lowest BCUT2D eigenvalue weighted by Crippen LogP contribution is -2.57. The monoisotopic (exact) mass is 533 g/mol. The number of esters is 1.